The molecule has 0 aliphatic heterocycles. The first-order valence-electron chi connectivity index (χ1n) is 5.16. The number of ether oxygens (including phenoxy) is 1. The van der Waals surface area contributed by atoms with Gasteiger partial charge < -0.3 is 20.9 Å². The van der Waals surface area contributed by atoms with Crippen molar-refractivity contribution in [3.63, 3.8) is 0 Å². The molecule has 0 heterocycles. The number of carbonyl (C=O) groups is 1. The zero-order chi connectivity index (χ0) is 11.9. The fraction of sp³-hybridized carbons (Fsp3) is 0.900. The number of carbonyl (C=O) groups excluding carboxylic acids is 1. The lowest BCUT2D eigenvalue weighted by Crippen LogP contribution is -2.49. The Morgan fingerprint density at radius 3 is 2.60 bits per heavy atom. The summed E-state index contributed by atoms with van der Waals surface area (Å²) in [5.41, 5.74) is 4.85. The van der Waals surface area contributed by atoms with Crippen LogP contribution in [0.2, 0.25) is 0 Å². The van der Waals surface area contributed by atoms with Crippen LogP contribution in [0.3, 0.4) is 0 Å². The molecule has 2 atom stereocenters. The van der Waals surface area contributed by atoms with Crippen molar-refractivity contribution in [1.82, 2.24) is 5.32 Å². The molecule has 0 bridgehead atoms. The first-order chi connectivity index (χ1) is 7.01. The van der Waals surface area contributed by atoms with Gasteiger partial charge in [-0.1, -0.05) is 6.92 Å². The lowest BCUT2D eigenvalue weighted by molar-refractivity contribution is -0.125. The molecule has 5 nitrogen and oxygen atoms in total. The summed E-state index contributed by atoms with van der Waals surface area (Å²) in [5, 5.41) is 11.9. The van der Waals surface area contributed by atoms with Crippen LogP contribution in [-0.2, 0) is 9.53 Å². The number of hydrogen-bond acceptors (Lipinski definition) is 4. The maximum atomic E-state index is 11.5. The zero-order valence-corrected chi connectivity index (χ0v) is 9.75. The fourth-order valence-corrected chi connectivity index (χ4v) is 1.10. The second-order valence-corrected chi connectivity index (χ2v) is 3.92. The van der Waals surface area contributed by atoms with Crippen LogP contribution < -0.4 is 11.1 Å². The van der Waals surface area contributed by atoms with Crippen molar-refractivity contribution in [1.29, 1.82) is 0 Å². The molecule has 0 saturated heterocycles. The molecule has 0 rings (SSSR count). The summed E-state index contributed by atoms with van der Waals surface area (Å²) in [7, 11) is 1.52. The minimum atomic E-state index is -0.552. The van der Waals surface area contributed by atoms with E-state index in [1.165, 1.54) is 7.11 Å². The van der Waals surface area contributed by atoms with E-state index in [0.29, 0.717) is 13.0 Å². The highest BCUT2D eigenvalue weighted by Gasteiger charge is 2.24. The van der Waals surface area contributed by atoms with Crippen molar-refractivity contribution in [2.24, 2.45) is 5.73 Å². The van der Waals surface area contributed by atoms with Crippen LogP contribution in [-0.4, -0.2) is 42.9 Å². The van der Waals surface area contributed by atoms with Crippen molar-refractivity contribution >= 4 is 5.91 Å². The standard InChI is InChI=1S/C10H22N2O3/c1-4-10(2,7-13)12-9(14)5-8(6-11)15-3/h8,13H,4-7,11H2,1-3H3,(H,12,14). The minimum absolute atomic E-state index is 0.0739. The van der Waals surface area contributed by atoms with Gasteiger partial charge in [-0.15, -0.1) is 0 Å². The van der Waals surface area contributed by atoms with Crippen LogP contribution in [0, 0.1) is 0 Å². The van der Waals surface area contributed by atoms with Gasteiger partial charge in [-0.25, -0.2) is 0 Å². The summed E-state index contributed by atoms with van der Waals surface area (Å²) in [6.45, 7) is 3.95. The van der Waals surface area contributed by atoms with Gasteiger partial charge in [0.2, 0.25) is 5.91 Å². The molecule has 0 saturated carbocycles. The van der Waals surface area contributed by atoms with Gasteiger partial charge >= 0.3 is 0 Å². The van der Waals surface area contributed by atoms with Gasteiger partial charge in [0.15, 0.2) is 0 Å². The molecule has 5 heteroatoms. The molecule has 0 aromatic rings. The van der Waals surface area contributed by atoms with Gasteiger partial charge in [0.05, 0.1) is 24.7 Å². The molecule has 0 aliphatic rings. The molecular formula is C10H22N2O3. The normalized spacial score (nSPS) is 16.9. The SMILES string of the molecule is CCC(C)(CO)NC(=O)CC(CN)OC. The number of aliphatic hydroxyl groups is 1. The van der Waals surface area contributed by atoms with Gasteiger partial charge in [0.25, 0.3) is 0 Å². The predicted molar refractivity (Wildman–Crippen MR) is 58.4 cm³/mol. The van der Waals surface area contributed by atoms with E-state index in [9.17, 15) is 4.79 Å². The molecule has 0 aromatic heterocycles. The molecular weight excluding hydrogens is 196 g/mol. The molecule has 0 aliphatic carbocycles. The molecule has 0 fully saturated rings. The number of rotatable bonds is 7. The Morgan fingerprint density at radius 1 is 1.67 bits per heavy atom. The number of nitrogens with two attached hydrogens (primary N) is 1. The van der Waals surface area contributed by atoms with Crippen LogP contribution in [0.25, 0.3) is 0 Å². The molecule has 1 amide bonds. The lowest BCUT2D eigenvalue weighted by atomic mass is 10.00. The largest absolute Gasteiger partial charge is 0.394 e. The zero-order valence-electron chi connectivity index (χ0n) is 9.75. The van der Waals surface area contributed by atoms with E-state index in [2.05, 4.69) is 5.32 Å². The highest BCUT2D eigenvalue weighted by molar-refractivity contribution is 5.77. The number of amides is 1. The Bertz CT molecular complexity index is 189. The molecule has 15 heavy (non-hydrogen) atoms. The smallest absolute Gasteiger partial charge is 0.223 e. The second kappa shape index (κ2) is 6.76. The Labute approximate surface area is 91.0 Å². The van der Waals surface area contributed by atoms with E-state index in [0.717, 1.165) is 0 Å². The lowest BCUT2D eigenvalue weighted by Gasteiger charge is -2.27. The number of hydrogen-bond donors (Lipinski definition) is 3. The van der Waals surface area contributed by atoms with E-state index in [-0.39, 0.29) is 25.0 Å². The second-order valence-electron chi connectivity index (χ2n) is 3.92. The van der Waals surface area contributed by atoms with Crippen molar-refractivity contribution in [2.45, 2.75) is 38.3 Å². The number of methoxy groups -OCH3 is 1. The summed E-state index contributed by atoms with van der Waals surface area (Å²) in [6.07, 6.45) is 0.641. The summed E-state index contributed by atoms with van der Waals surface area (Å²) < 4.78 is 5.00. The minimum Gasteiger partial charge on any atom is -0.394 e. The Hall–Kier alpha value is -0.650. The van der Waals surface area contributed by atoms with Crippen molar-refractivity contribution in [2.75, 3.05) is 20.3 Å². The van der Waals surface area contributed by atoms with Crippen LogP contribution >= 0.6 is 0 Å². The van der Waals surface area contributed by atoms with Gasteiger partial charge in [-0.05, 0) is 13.3 Å². The third-order valence-electron chi connectivity index (χ3n) is 2.58. The van der Waals surface area contributed by atoms with Crippen molar-refractivity contribution in [3.8, 4) is 0 Å². The van der Waals surface area contributed by atoms with Gasteiger partial charge in [0, 0.05) is 13.7 Å². The first-order valence-corrected chi connectivity index (χ1v) is 5.16. The predicted octanol–water partition coefficient (Wildman–Crippen LogP) is -0.373. The molecule has 0 radical (unpaired) electrons. The average molecular weight is 218 g/mol. The molecule has 0 spiro atoms. The first kappa shape index (κ1) is 14.3. The van der Waals surface area contributed by atoms with Gasteiger partial charge in [-0.3, -0.25) is 4.79 Å². The van der Waals surface area contributed by atoms with Crippen molar-refractivity contribution < 1.29 is 14.6 Å². The average Bonchev–Trinajstić information content (AvgIpc) is 2.25. The molecule has 0 aromatic carbocycles. The maximum absolute atomic E-state index is 11.5. The van der Waals surface area contributed by atoms with Gasteiger partial charge in [-0.2, -0.15) is 0 Å². The van der Waals surface area contributed by atoms with E-state index in [4.69, 9.17) is 15.6 Å². The quantitative estimate of drug-likeness (QED) is 0.544. The van der Waals surface area contributed by atoms with E-state index < -0.39 is 5.54 Å². The topological polar surface area (TPSA) is 84.6 Å². The van der Waals surface area contributed by atoms with Crippen molar-refractivity contribution in [3.05, 3.63) is 0 Å². The monoisotopic (exact) mass is 218 g/mol. The maximum Gasteiger partial charge on any atom is 0.223 e. The van der Waals surface area contributed by atoms with Crippen LogP contribution in [0.1, 0.15) is 26.7 Å². The summed E-state index contributed by atoms with van der Waals surface area (Å²) in [6, 6.07) is 0. The van der Waals surface area contributed by atoms with E-state index in [1.54, 1.807) is 6.92 Å². The van der Waals surface area contributed by atoms with E-state index >= 15 is 0 Å². The summed E-state index contributed by atoms with van der Waals surface area (Å²) in [4.78, 5) is 11.5. The molecule has 4 N–H and O–H groups in total. The summed E-state index contributed by atoms with van der Waals surface area (Å²) in [5.74, 6) is -0.147. The highest BCUT2D eigenvalue weighted by Crippen LogP contribution is 2.08. The van der Waals surface area contributed by atoms with Crippen LogP contribution in [0.5, 0.6) is 0 Å². The molecule has 2 unspecified atom stereocenters. The summed E-state index contributed by atoms with van der Waals surface area (Å²) >= 11 is 0. The van der Waals surface area contributed by atoms with Crippen LogP contribution in [0.4, 0.5) is 0 Å². The highest BCUT2D eigenvalue weighted by atomic mass is 16.5. The van der Waals surface area contributed by atoms with E-state index in [1.807, 2.05) is 6.92 Å². The number of nitrogens with one attached hydrogen (secondary N) is 1. The fourth-order valence-electron chi connectivity index (χ4n) is 1.10. The molecule has 90 valence electrons. The Balaban J connectivity index is 4.12. The van der Waals surface area contributed by atoms with Gasteiger partial charge in [0.1, 0.15) is 0 Å². The third-order valence-corrected chi connectivity index (χ3v) is 2.58. The third kappa shape index (κ3) is 5.11. The van der Waals surface area contributed by atoms with Crippen LogP contribution in [0.15, 0.2) is 0 Å². The number of aliphatic hydroxyl groups excluding tert-OH is 1. The Kier molecular flexibility index (Phi) is 6.47. The Morgan fingerprint density at radius 2 is 2.27 bits per heavy atom.